The van der Waals surface area contributed by atoms with Gasteiger partial charge in [0, 0.05) is 49.1 Å². The second-order valence-electron chi connectivity index (χ2n) is 12.8. The number of nitriles is 2. The van der Waals surface area contributed by atoms with E-state index in [1.807, 2.05) is 24.3 Å². The summed E-state index contributed by atoms with van der Waals surface area (Å²) in [4.78, 5) is 39.1. The minimum atomic E-state index is -4.27. The summed E-state index contributed by atoms with van der Waals surface area (Å²) in [6.45, 7) is 7.73. The van der Waals surface area contributed by atoms with Crippen molar-refractivity contribution in [2.24, 2.45) is 22.4 Å². The molecule has 5 rings (SSSR count). The number of anilines is 2. The highest BCUT2D eigenvalue weighted by molar-refractivity contribution is 7.48. The minimum absolute atomic E-state index is 0.0582. The number of rotatable bonds is 15. The molecule has 1 aliphatic heterocycles. The summed E-state index contributed by atoms with van der Waals surface area (Å²) >= 11 is 1.56. The largest absolute Gasteiger partial charge is 0.475 e. The van der Waals surface area contributed by atoms with Gasteiger partial charge in [-0.15, -0.1) is 11.3 Å². The van der Waals surface area contributed by atoms with Gasteiger partial charge < -0.3 is 14.8 Å². The molecule has 0 unspecified atom stereocenters. The number of hydrogen-bond donors (Lipinski definition) is 1. The van der Waals surface area contributed by atoms with E-state index in [9.17, 15) is 14.2 Å². The number of aliphatic imine (C=N–C) groups is 2. The maximum Gasteiger partial charge on any atom is 0.475 e. The summed E-state index contributed by atoms with van der Waals surface area (Å²) in [5.74, 6) is 0.177. The third-order valence-corrected chi connectivity index (χ3v) is 11.3. The highest BCUT2D eigenvalue weighted by Crippen LogP contribution is 2.52. The van der Waals surface area contributed by atoms with E-state index in [-0.39, 0.29) is 55.2 Å². The molecule has 3 aromatic rings. The van der Waals surface area contributed by atoms with Crippen LogP contribution in [-0.2, 0) is 51.1 Å². The van der Waals surface area contributed by atoms with Crippen LogP contribution in [0.5, 0.6) is 0 Å². The predicted octanol–water partition coefficient (Wildman–Crippen LogP) is 6.58. The van der Waals surface area contributed by atoms with Crippen molar-refractivity contribution in [3.8, 4) is 23.3 Å². The number of carbonyl (C=O) groups excluding carboxylic acids is 1. The van der Waals surface area contributed by atoms with E-state index in [0.717, 1.165) is 23.3 Å². The lowest BCUT2D eigenvalue weighted by atomic mass is 9.89. The van der Waals surface area contributed by atoms with E-state index in [1.54, 1.807) is 54.7 Å². The van der Waals surface area contributed by atoms with Crippen molar-refractivity contribution in [2.45, 2.75) is 52.6 Å². The van der Waals surface area contributed by atoms with Crippen LogP contribution in [0, 0.1) is 28.1 Å². The van der Waals surface area contributed by atoms with Crippen LogP contribution >= 0.6 is 19.2 Å². The number of aromatic nitrogens is 1. The number of pyridine rings is 1. The van der Waals surface area contributed by atoms with Gasteiger partial charge in [-0.1, -0.05) is 26.0 Å². The Bertz CT molecular complexity index is 2060. The van der Waals surface area contributed by atoms with E-state index in [0.29, 0.717) is 41.2 Å². The maximum atomic E-state index is 14.3. The van der Waals surface area contributed by atoms with Crippen molar-refractivity contribution >= 4 is 49.4 Å². The average Bonchev–Trinajstić information content (AvgIpc) is 3.60. The number of hydrogen-bond acceptors (Lipinski definition) is 12. The normalized spacial score (nSPS) is 15.4. The zero-order valence-corrected chi connectivity index (χ0v) is 30.8. The first-order valence-corrected chi connectivity index (χ1v) is 18.6. The maximum absolute atomic E-state index is 14.3. The number of nitrogens with one attached hydrogen (secondary N) is 1. The Labute approximate surface area is 301 Å². The average molecular weight is 730 g/mol. The number of allylic oxidation sites excluding steroid dienone is 1. The van der Waals surface area contributed by atoms with Gasteiger partial charge in [0.2, 0.25) is 0 Å². The first-order valence-electron chi connectivity index (χ1n) is 16.4. The van der Waals surface area contributed by atoms with E-state index in [4.69, 9.17) is 24.1 Å². The van der Waals surface area contributed by atoms with Crippen LogP contribution in [0.2, 0.25) is 0 Å². The minimum Gasteiger partial charge on any atom is -0.336 e. The predicted molar refractivity (Wildman–Crippen MR) is 198 cm³/mol. The highest BCUT2D eigenvalue weighted by Gasteiger charge is 2.39. The second kappa shape index (κ2) is 16.1. The molecule has 1 amide bonds. The van der Waals surface area contributed by atoms with Gasteiger partial charge in [0.05, 0.1) is 55.4 Å². The van der Waals surface area contributed by atoms with Gasteiger partial charge in [-0.2, -0.15) is 10.5 Å². The fourth-order valence-corrected chi connectivity index (χ4v) is 8.98. The molecule has 3 heterocycles. The summed E-state index contributed by atoms with van der Waals surface area (Å²) in [6, 6.07) is 11.0. The third-order valence-electron chi connectivity index (χ3n) is 8.56. The van der Waals surface area contributed by atoms with Crippen LogP contribution in [0.25, 0.3) is 11.1 Å². The van der Waals surface area contributed by atoms with Crippen LogP contribution in [0.15, 0.2) is 57.1 Å². The Balaban J connectivity index is 1.60. The van der Waals surface area contributed by atoms with Crippen LogP contribution < -0.4 is 15.8 Å². The first kappa shape index (κ1) is 37.6. The highest BCUT2D eigenvalue weighted by atomic mass is 32.1. The molecule has 1 N–H and O–H groups in total. The summed E-state index contributed by atoms with van der Waals surface area (Å²) in [6.07, 6.45) is 7.18. The second-order valence-corrected chi connectivity index (χ2v) is 15.6. The Hall–Kier alpha value is -4.69. The number of phosphoric ester groups is 1. The quantitative estimate of drug-likeness (QED) is 0.103. The molecule has 2 aliphatic rings. The monoisotopic (exact) mass is 729 g/mol. The van der Waals surface area contributed by atoms with Crippen LogP contribution in [-0.4, -0.2) is 50.2 Å². The van der Waals surface area contributed by atoms with Crippen LogP contribution in [0.1, 0.15) is 57.9 Å². The smallest absolute Gasteiger partial charge is 0.336 e. The zero-order valence-electron chi connectivity index (χ0n) is 29.1. The van der Waals surface area contributed by atoms with Gasteiger partial charge in [0.15, 0.2) is 0 Å². The van der Waals surface area contributed by atoms with Crippen molar-refractivity contribution in [2.75, 3.05) is 37.0 Å². The Morgan fingerprint density at radius 3 is 2.53 bits per heavy atom. The molecule has 0 saturated carbocycles. The van der Waals surface area contributed by atoms with E-state index < -0.39 is 7.82 Å². The molecule has 0 bridgehead atoms. The summed E-state index contributed by atoms with van der Waals surface area (Å²) in [5.41, 5.74) is 4.67. The van der Waals surface area contributed by atoms with Crippen LogP contribution in [0.3, 0.4) is 0 Å². The number of benzene rings is 1. The Kier molecular flexibility index (Phi) is 11.9. The standard InChI is InChI=1S/C36H40N7O6PS/c1-36(2)20-27-26-12-16-43(35(45)33(26)51-31(27)21-36)30-10-6-9-25(28(30)23-49-50(46,47-17-7-13-37)48-18-8-14-38)24-19-29(34(44)42(5)22-24)41-32(40-4)11-15-39-3/h6,9-11,15,19,22,41H,4,7-8,12,16-18,20-21,23H2,1-3,5H3/b32-11+,39-15?. The Morgan fingerprint density at radius 2 is 1.86 bits per heavy atom. The fourth-order valence-electron chi connectivity index (χ4n) is 6.27. The number of fused-ring (bicyclic) bond motifs is 3. The number of thiophene rings is 1. The summed E-state index contributed by atoms with van der Waals surface area (Å²) in [7, 11) is -1.05. The molecule has 1 aromatic carbocycles. The topological polar surface area (TPSA) is 171 Å². The van der Waals surface area contributed by atoms with E-state index in [1.165, 1.54) is 21.2 Å². The summed E-state index contributed by atoms with van der Waals surface area (Å²) in [5, 5.41) is 21.1. The molecule has 2 aromatic heterocycles. The van der Waals surface area contributed by atoms with Crippen molar-refractivity contribution in [1.29, 1.82) is 10.5 Å². The molecule has 13 nitrogen and oxygen atoms in total. The Morgan fingerprint density at radius 1 is 1.14 bits per heavy atom. The SMILES string of the molecule is C=N/C(=C\C=NC)Nc1cc(-c2cccc(N3CCc4c(sc5c4CC(C)(C)C5)C3=O)c2COP(=O)(OCCC#N)OCCC#N)cn(C)c1=O. The molecule has 0 radical (unpaired) electrons. The lowest BCUT2D eigenvalue weighted by Gasteiger charge is -2.31. The molecule has 0 spiro atoms. The molecular formula is C36H40N7O6PS. The summed E-state index contributed by atoms with van der Waals surface area (Å²) < 4.78 is 32.0. The van der Waals surface area contributed by atoms with Gasteiger partial charge in [-0.3, -0.25) is 28.2 Å². The molecule has 1 aliphatic carbocycles. The molecule has 15 heteroatoms. The molecule has 266 valence electrons. The molecule has 0 fully saturated rings. The number of aryl methyl sites for hydroxylation is 1. The van der Waals surface area contributed by atoms with Gasteiger partial charge in [-0.05, 0) is 66.3 Å². The molecule has 51 heavy (non-hydrogen) atoms. The molecule has 0 saturated heterocycles. The number of carbonyl (C=O) groups is 1. The van der Waals surface area contributed by atoms with Gasteiger partial charge >= 0.3 is 7.82 Å². The third kappa shape index (κ3) is 8.45. The van der Waals surface area contributed by atoms with Crippen LogP contribution in [0.4, 0.5) is 11.4 Å². The van der Waals surface area contributed by atoms with Crippen molar-refractivity contribution < 1.29 is 22.9 Å². The van der Waals surface area contributed by atoms with E-state index >= 15 is 0 Å². The van der Waals surface area contributed by atoms with Gasteiger partial charge in [0.25, 0.3) is 11.5 Å². The number of nitrogens with zero attached hydrogens (tertiary/aromatic N) is 6. The number of phosphoric acid groups is 1. The molecule has 0 atom stereocenters. The molecular weight excluding hydrogens is 689 g/mol. The lowest BCUT2D eigenvalue weighted by molar-refractivity contribution is 0.0984. The van der Waals surface area contributed by atoms with Gasteiger partial charge in [-0.25, -0.2) is 9.56 Å². The van der Waals surface area contributed by atoms with E-state index in [2.05, 4.69) is 35.9 Å². The zero-order chi connectivity index (χ0) is 36.8. The first-order chi connectivity index (χ1) is 24.4. The van der Waals surface area contributed by atoms with Crippen molar-refractivity contribution in [1.82, 2.24) is 4.57 Å². The van der Waals surface area contributed by atoms with Crippen molar-refractivity contribution in [3.63, 3.8) is 0 Å². The fraction of sp³-hybridized carbons (Fsp3) is 0.389. The van der Waals surface area contributed by atoms with Crippen molar-refractivity contribution in [3.05, 3.63) is 79.2 Å². The number of amides is 1. The van der Waals surface area contributed by atoms with Gasteiger partial charge in [0.1, 0.15) is 11.5 Å². The lowest BCUT2D eigenvalue weighted by Crippen LogP contribution is -2.37.